The third kappa shape index (κ3) is 5.59. The van der Waals surface area contributed by atoms with Gasteiger partial charge in [-0.15, -0.1) is 13.2 Å². The predicted octanol–water partition coefficient (Wildman–Crippen LogP) is 5.90. The molecule has 1 aliphatic heterocycles. The van der Waals surface area contributed by atoms with Crippen LogP contribution in [-0.4, -0.2) is 51.7 Å². The van der Waals surface area contributed by atoms with Crippen molar-refractivity contribution in [1.82, 2.24) is 19.9 Å². The van der Waals surface area contributed by atoms with Crippen molar-refractivity contribution in [3.05, 3.63) is 59.0 Å². The van der Waals surface area contributed by atoms with Gasteiger partial charge in [0.2, 0.25) is 5.88 Å². The SMILES string of the molecule is COc1ncc(Cl)cc1-c1cnc(SC)nc1CN1C(=O)OC(c2cccc(OC(F)(F)F)c2)C1C. The number of hydrogen-bond donors (Lipinski definition) is 0. The van der Waals surface area contributed by atoms with Crippen LogP contribution in [0, 0.1) is 0 Å². The largest absolute Gasteiger partial charge is 0.573 e. The Morgan fingerprint density at radius 1 is 1.19 bits per heavy atom. The number of hydrogen-bond acceptors (Lipinski definition) is 8. The van der Waals surface area contributed by atoms with E-state index in [0.29, 0.717) is 38.4 Å². The molecule has 1 fully saturated rings. The van der Waals surface area contributed by atoms with E-state index in [1.165, 1.54) is 48.2 Å². The number of alkyl halides is 3. The molecule has 8 nitrogen and oxygen atoms in total. The predicted molar refractivity (Wildman–Crippen MR) is 126 cm³/mol. The summed E-state index contributed by atoms with van der Waals surface area (Å²) in [7, 11) is 1.47. The van der Waals surface area contributed by atoms with Crippen molar-refractivity contribution in [1.29, 1.82) is 0 Å². The number of ether oxygens (including phenoxy) is 3. The lowest BCUT2D eigenvalue weighted by molar-refractivity contribution is -0.274. The molecule has 0 N–H and O–H groups in total. The highest BCUT2D eigenvalue weighted by atomic mass is 35.5. The first-order valence-electron chi connectivity index (χ1n) is 10.5. The number of carbonyl (C=O) groups excluding carboxylic acids is 1. The maximum absolute atomic E-state index is 12.9. The second kappa shape index (κ2) is 10.4. The molecule has 4 rings (SSSR count). The summed E-state index contributed by atoms with van der Waals surface area (Å²) in [4.78, 5) is 27.4. The van der Waals surface area contributed by atoms with Crippen molar-refractivity contribution in [3.63, 3.8) is 0 Å². The highest BCUT2D eigenvalue weighted by Gasteiger charge is 2.41. The average molecular weight is 541 g/mol. The molecule has 1 aliphatic rings. The van der Waals surface area contributed by atoms with Gasteiger partial charge in [-0.1, -0.05) is 35.5 Å². The molecule has 0 spiro atoms. The molecule has 3 heterocycles. The van der Waals surface area contributed by atoms with Crippen molar-refractivity contribution < 1.29 is 32.2 Å². The number of benzene rings is 1. The second-order valence-corrected chi connectivity index (χ2v) is 8.93. The molecule has 0 radical (unpaired) electrons. The number of methoxy groups -OCH3 is 1. The first-order valence-corrected chi connectivity index (χ1v) is 12.1. The molecule has 1 amide bonds. The summed E-state index contributed by atoms with van der Waals surface area (Å²) >= 11 is 7.49. The Balaban J connectivity index is 1.66. The zero-order chi connectivity index (χ0) is 26.0. The molecular formula is C23H20ClF3N4O4S. The van der Waals surface area contributed by atoms with Crippen LogP contribution in [0.25, 0.3) is 11.1 Å². The van der Waals surface area contributed by atoms with E-state index in [0.717, 1.165) is 0 Å². The van der Waals surface area contributed by atoms with Gasteiger partial charge in [0.05, 0.1) is 30.4 Å². The van der Waals surface area contributed by atoms with E-state index in [1.807, 2.05) is 6.26 Å². The Kier molecular flexibility index (Phi) is 7.46. The van der Waals surface area contributed by atoms with Crippen molar-refractivity contribution >= 4 is 29.5 Å². The minimum atomic E-state index is -4.84. The molecule has 0 saturated carbocycles. The number of pyridine rings is 1. The summed E-state index contributed by atoms with van der Waals surface area (Å²) in [6.45, 7) is 1.78. The van der Waals surface area contributed by atoms with Gasteiger partial charge in [0.1, 0.15) is 11.9 Å². The van der Waals surface area contributed by atoms with E-state index in [1.54, 1.807) is 25.3 Å². The fourth-order valence-corrected chi connectivity index (χ4v) is 4.35. The quantitative estimate of drug-likeness (QED) is 0.270. The maximum Gasteiger partial charge on any atom is 0.573 e. The fraction of sp³-hybridized carbons (Fsp3) is 0.304. The summed E-state index contributed by atoms with van der Waals surface area (Å²) in [6.07, 6.45) is -1.42. The summed E-state index contributed by atoms with van der Waals surface area (Å²) in [5, 5.41) is 0.858. The molecule has 0 aliphatic carbocycles. The summed E-state index contributed by atoms with van der Waals surface area (Å²) in [5.74, 6) is -0.0949. The molecule has 1 aromatic carbocycles. The van der Waals surface area contributed by atoms with Crippen LogP contribution in [0.15, 0.2) is 47.9 Å². The van der Waals surface area contributed by atoms with Gasteiger partial charge in [0, 0.05) is 23.5 Å². The Labute approximate surface area is 213 Å². The Morgan fingerprint density at radius 2 is 1.97 bits per heavy atom. The topological polar surface area (TPSA) is 86.7 Å². The third-order valence-electron chi connectivity index (χ3n) is 5.46. The lowest BCUT2D eigenvalue weighted by Crippen LogP contribution is -2.32. The number of nitrogens with zero attached hydrogens (tertiary/aromatic N) is 4. The van der Waals surface area contributed by atoms with Crippen LogP contribution in [-0.2, 0) is 11.3 Å². The zero-order valence-electron chi connectivity index (χ0n) is 19.2. The highest BCUT2D eigenvalue weighted by molar-refractivity contribution is 7.98. The maximum atomic E-state index is 12.9. The van der Waals surface area contributed by atoms with Gasteiger partial charge in [0.25, 0.3) is 0 Å². The molecule has 2 aromatic heterocycles. The third-order valence-corrected chi connectivity index (χ3v) is 6.23. The van der Waals surface area contributed by atoms with Gasteiger partial charge in [-0.05, 0) is 36.9 Å². The first-order chi connectivity index (χ1) is 17.1. The highest BCUT2D eigenvalue weighted by Crippen LogP contribution is 2.38. The van der Waals surface area contributed by atoms with Gasteiger partial charge in [-0.2, -0.15) is 0 Å². The number of rotatable bonds is 7. The summed E-state index contributed by atoms with van der Waals surface area (Å²) in [6, 6.07) is 6.50. The van der Waals surface area contributed by atoms with Crippen molar-refractivity contribution in [2.24, 2.45) is 0 Å². The fourth-order valence-electron chi connectivity index (χ4n) is 3.83. The number of thioether (sulfide) groups is 1. The van der Waals surface area contributed by atoms with Gasteiger partial charge in [-0.3, -0.25) is 4.90 Å². The van der Waals surface area contributed by atoms with Crippen LogP contribution < -0.4 is 9.47 Å². The molecule has 1 saturated heterocycles. The number of halogens is 4. The molecule has 2 unspecified atom stereocenters. The Hall–Kier alpha value is -3.25. The molecule has 190 valence electrons. The smallest absolute Gasteiger partial charge is 0.481 e. The Morgan fingerprint density at radius 3 is 2.67 bits per heavy atom. The minimum Gasteiger partial charge on any atom is -0.481 e. The van der Waals surface area contributed by atoms with Crippen molar-refractivity contribution in [2.45, 2.75) is 37.1 Å². The van der Waals surface area contributed by atoms with E-state index in [9.17, 15) is 18.0 Å². The molecule has 0 bridgehead atoms. The monoisotopic (exact) mass is 540 g/mol. The number of cyclic esters (lactones) is 1. The molecule has 3 aromatic rings. The van der Waals surface area contributed by atoms with E-state index in [2.05, 4.69) is 19.7 Å². The van der Waals surface area contributed by atoms with E-state index in [-0.39, 0.29) is 6.54 Å². The van der Waals surface area contributed by atoms with E-state index < -0.39 is 30.4 Å². The Bertz CT molecular complexity index is 1280. The van der Waals surface area contributed by atoms with Crippen molar-refractivity contribution in [2.75, 3.05) is 13.4 Å². The lowest BCUT2D eigenvalue weighted by Gasteiger charge is -2.22. The van der Waals surface area contributed by atoms with Crippen molar-refractivity contribution in [3.8, 4) is 22.8 Å². The molecule has 36 heavy (non-hydrogen) atoms. The standard InChI is InChI=1S/C23H20ClF3N4O4S/c1-12-19(13-5-4-6-15(7-13)35-23(25,26)27)34-22(32)31(12)11-18-17(10-29-21(30-18)36-3)16-8-14(24)9-28-20(16)33-2/h4-10,12,19H,11H2,1-3H3. The number of amides is 1. The van der Waals surface area contributed by atoms with Crippen LogP contribution in [0.1, 0.15) is 24.3 Å². The molecule has 13 heteroatoms. The van der Waals surface area contributed by atoms with Crippen LogP contribution >= 0.6 is 23.4 Å². The number of aromatic nitrogens is 3. The number of carbonyl (C=O) groups is 1. The average Bonchev–Trinajstić information content (AvgIpc) is 3.11. The zero-order valence-corrected chi connectivity index (χ0v) is 20.8. The first kappa shape index (κ1) is 25.8. The minimum absolute atomic E-state index is 0.0380. The summed E-state index contributed by atoms with van der Waals surface area (Å²) in [5.41, 5.74) is 1.97. The second-order valence-electron chi connectivity index (χ2n) is 7.72. The van der Waals surface area contributed by atoms with Gasteiger partial charge in [0.15, 0.2) is 5.16 Å². The van der Waals surface area contributed by atoms with Crippen LogP contribution in [0.4, 0.5) is 18.0 Å². The van der Waals surface area contributed by atoms with Crippen LogP contribution in [0.3, 0.4) is 0 Å². The lowest BCUT2D eigenvalue weighted by atomic mass is 10.0. The molecule has 2 atom stereocenters. The van der Waals surface area contributed by atoms with E-state index in [4.69, 9.17) is 21.1 Å². The van der Waals surface area contributed by atoms with Crippen LogP contribution in [0.2, 0.25) is 5.02 Å². The van der Waals surface area contributed by atoms with Gasteiger partial charge < -0.3 is 14.2 Å². The van der Waals surface area contributed by atoms with Gasteiger partial charge in [-0.25, -0.2) is 19.7 Å². The van der Waals surface area contributed by atoms with E-state index >= 15 is 0 Å². The summed E-state index contributed by atoms with van der Waals surface area (Å²) < 4.78 is 52.9. The van der Waals surface area contributed by atoms with Crippen LogP contribution in [0.5, 0.6) is 11.6 Å². The van der Waals surface area contributed by atoms with Gasteiger partial charge >= 0.3 is 12.5 Å². The normalized spacial score (nSPS) is 17.8. The molecular weight excluding hydrogens is 521 g/mol.